The van der Waals surface area contributed by atoms with Gasteiger partial charge in [-0.3, -0.25) is 14.4 Å². The summed E-state index contributed by atoms with van der Waals surface area (Å²) in [6.45, 7) is 1.45. The Morgan fingerprint density at radius 2 is 2.16 bits per heavy atom. The average Bonchev–Trinajstić information content (AvgIpc) is 3.24. The molecule has 132 valence electrons. The molecule has 0 spiro atoms. The van der Waals surface area contributed by atoms with Crippen LogP contribution in [0.5, 0.6) is 0 Å². The summed E-state index contributed by atoms with van der Waals surface area (Å²) in [5.41, 5.74) is 3.90. The predicted molar refractivity (Wildman–Crippen MR) is 97.0 cm³/mol. The van der Waals surface area contributed by atoms with Crippen LogP contribution in [-0.4, -0.2) is 33.7 Å². The molecule has 1 N–H and O–H groups in total. The van der Waals surface area contributed by atoms with Crippen LogP contribution in [-0.2, 0) is 18.3 Å². The zero-order valence-electron chi connectivity index (χ0n) is 14.8. The lowest BCUT2D eigenvalue weighted by Gasteiger charge is -2.28. The Bertz CT molecular complexity index is 754. The highest BCUT2D eigenvalue weighted by atomic mass is 16.2. The van der Waals surface area contributed by atoms with Gasteiger partial charge in [-0.15, -0.1) is 0 Å². The van der Waals surface area contributed by atoms with E-state index < -0.39 is 0 Å². The highest BCUT2D eigenvalue weighted by Crippen LogP contribution is 2.32. The van der Waals surface area contributed by atoms with Gasteiger partial charge in [0.1, 0.15) is 0 Å². The van der Waals surface area contributed by atoms with Gasteiger partial charge in [0.2, 0.25) is 5.91 Å². The number of rotatable bonds is 4. The molecule has 0 bridgehead atoms. The predicted octanol–water partition coefficient (Wildman–Crippen LogP) is 2.75. The molecule has 2 heterocycles. The third-order valence-corrected chi connectivity index (χ3v) is 5.52. The molecule has 2 atom stereocenters. The molecule has 2 aliphatic rings. The van der Waals surface area contributed by atoms with Crippen LogP contribution in [0.2, 0.25) is 0 Å². The van der Waals surface area contributed by atoms with Crippen molar-refractivity contribution in [3.63, 3.8) is 0 Å². The number of likely N-dealkylation sites (tertiary alicyclic amines) is 1. The van der Waals surface area contributed by atoms with Crippen LogP contribution in [0.15, 0.2) is 36.7 Å². The fraction of sp³-hybridized carbons (Fsp3) is 0.500. The molecule has 4 rings (SSSR count). The Balaban J connectivity index is 1.41. The monoisotopic (exact) mass is 338 g/mol. The molecule has 1 fully saturated rings. The largest absolute Gasteiger partial charge is 0.348 e. The molecule has 1 aliphatic heterocycles. The van der Waals surface area contributed by atoms with E-state index in [1.807, 2.05) is 17.9 Å². The summed E-state index contributed by atoms with van der Waals surface area (Å²) in [4.78, 5) is 15.0. The lowest BCUT2D eigenvalue weighted by molar-refractivity contribution is -0.123. The Labute approximate surface area is 149 Å². The number of nitrogens with one attached hydrogen (secondary N) is 1. The molecule has 0 unspecified atom stereocenters. The highest BCUT2D eigenvalue weighted by Gasteiger charge is 2.29. The van der Waals surface area contributed by atoms with Gasteiger partial charge >= 0.3 is 0 Å². The van der Waals surface area contributed by atoms with Crippen molar-refractivity contribution in [3.8, 4) is 0 Å². The number of hydrogen-bond donors (Lipinski definition) is 1. The van der Waals surface area contributed by atoms with E-state index in [2.05, 4.69) is 45.8 Å². The maximum atomic E-state index is 12.7. The maximum absolute atomic E-state index is 12.7. The average molecular weight is 338 g/mol. The van der Waals surface area contributed by atoms with Crippen LogP contribution in [0.1, 0.15) is 54.5 Å². The number of aryl methyl sites for hydroxylation is 2. The minimum Gasteiger partial charge on any atom is -0.348 e. The molecule has 1 amide bonds. The van der Waals surface area contributed by atoms with Crippen LogP contribution in [0.3, 0.4) is 0 Å². The number of benzene rings is 1. The normalized spacial score (nSPS) is 23.4. The summed E-state index contributed by atoms with van der Waals surface area (Å²) < 4.78 is 1.84. The summed E-state index contributed by atoms with van der Waals surface area (Å²) in [6.07, 6.45) is 9.54. The third kappa shape index (κ3) is 3.47. The second kappa shape index (κ2) is 7.00. The standard InChI is InChI=1S/C20H26N4O/c1-23-13-16(12-21-23)19-10-5-11-24(19)14-20(25)22-18-9-4-7-15-6-2-3-8-17(15)18/h2-3,6,8,12-13,18-19H,4-5,7,9-11,14H2,1H3,(H,22,25)/t18-,19-/m1/s1. The van der Waals surface area contributed by atoms with Gasteiger partial charge < -0.3 is 5.32 Å². The van der Waals surface area contributed by atoms with Crippen LogP contribution >= 0.6 is 0 Å². The molecule has 2 aromatic rings. The smallest absolute Gasteiger partial charge is 0.234 e. The SMILES string of the molecule is Cn1cc([C@H]2CCCN2CC(=O)N[C@@H]2CCCc3ccccc32)cn1. The van der Waals surface area contributed by atoms with E-state index in [1.54, 1.807) is 0 Å². The van der Waals surface area contributed by atoms with Gasteiger partial charge in [0.25, 0.3) is 0 Å². The van der Waals surface area contributed by atoms with Crippen molar-refractivity contribution < 1.29 is 4.79 Å². The van der Waals surface area contributed by atoms with Crippen LogP contribution in [0.25, 0.3) is 0 Å². The number of aromatic nitrogens is 2. The second-order valence-corrected chi connectivity index (χ2v) is 7.29. The van der Waals surface area contributed by atoms with Gasteiger partial charge in [-0.05, 0) is 49.8 Å². The first-order valence-electron chi connectivity index (χ1n) is 9.30. The van der Waals surface area contributed by atoms with E-state index in [0.717, 1.165) is 38.6 Å². The molecule has 1 saturated heterocycles. The zero-order chi connectivity index (χ0) is 17.2. The lowest BCUT2D eigenvalue weighted by Crippen LogP contribution is -2.39. The number of nitrogens with zero attached hydrogens (tertiary/aromatic N) is 3. The van der Waals surface area contributed by atoms with Crippen molar-refractivity contribution in [3.05, 3.63) is 53.3 Å². The Morgan fingerprint density at radius 1 is 1.28 bits per heavy atom. The number of carbonyl (C=O) groups is 1. The quantitative estimate of drug-likeness (QED) is 0.932. The van der Waals surface area contributed by atoms with E-state index in [1.165, 1.54) is 16.7 Å². The molecule has 25 heavy (non-hydrogen) atoms. The Hall–Kier alpha value is -2.14. The molecule has 5 nitrogen and oxygen atoms in total. The van der Waals surface area contributed by atoms with Gasteiger partial charge in [0.05, 0.1) is 18.8 Å². The fourth-order valence-electron chi connectivity index (χ4n) is 4.33. The summed E-state index contributed by atoms with van der Waals surface area (Å²) >= 11 is 0. The first-order valence-corrected chi connectivity index (χ1v) is 9.30. The number of amides is 1. The highest BCUT2D eigenvalue weighted by molar-refractivity contribution is 5.78. The molecule has 0 radical (unpaired) electrons. The second-order valence-electron chi connectivity index (χ2n) is 7.29. The zero-order valence-corrected chi connectivity index (χ0v) is 14.8. The molecular formula is C20H26N4O. The van der Waals surface area contributed by atoms with Crippen LogP contribution in [0.4, 0.5) is 0 Å². The van der Waals surface area contributed by atoms with E-state index in [9.17, 15) is 4.79 Å². The van der Waals surface area contributed by atoms with Gasteiger partial charge in [0, 0.05) is 24.8 Å². The molecule has 1 aliphatic carbocycles. The number of fused-ring (bicyclic) bond motifs is 1. The first-order chi connectivity index (χ1) is 12.2. The van der Waals surface area contributed by atoms with Crippen molar-refractivity contribution in [1.29, 1.82) is 0 Å². The third-order valence-electron chi connectivity index (χ3n) is 5.52. The van der Waals surface area contributed by atoms with Crippen molar-refractivity contribution in [1.82, 2.24) is 20.0 Å². The summed E-state index contributed by atoms with van der Waals surface area (Å²) in [5, 5.41) is 7.56. The molecule has 1 aromatic heterocycles. The summed E-state index contributed by atoms with van der Waals surface area (Å²) in [5.74, 6) is 0.137. The van der Waals surface area contributed by atoms with Gasteiger partial charge in [-0.1, -0.05) is 24.3 Å². The topological polar surface area (TPSA) is 50.2 Å². The van der Waals surface area contributed by atoms with Crippen molar-refractivity contribution >= 4 is 5.91 Å². The van der Waals surface area contributed by atoms with E-state index in [0.29, 0.717) is 12.6 Å². The first kappa shape index (κ1) is 16.3. The van der Waals surface area contributed by atoms with E-state index in [4.69, 9.17) is 0 Å². The van der Waals surface area contributed by atoms with Crippen LogP contribution < -0.4 is 5.32 Å². The fourth-order valence-corrected chi connectivity index (χ4v) is 4.33. The minimum atomic E-state index is 0.137. The lowest BCUT2D eigenvalue weighted by atomic mass is 9.88. The van der Waals surface area contributed by atoms with Gasteiger partial charge in [0.15, 0.2) is 0 Å². The Kier molecular flexibility index (Phi) is 4.57. The number of hydrogen-bond acceptors (Lipinski definition) is 3. The van der Waals surface area contributed by atoms with Gasteiger partial charge in [-0.2, -0.15) is 5.10 Å². The van der Waals surface area contributed by atoms with Crippen molar-refractivity contribution in [2.75, 3.05) is 13.1 Å². The summed E-state index contributed by atoms with van der Waals surface area (Å²) in [7, 11) is 1.94. The van der Waals surface area contributed by atoms with Crippen molar-refractivity contribution in [2.24, 2.45) is 7.05 Å². The van der Waals surface area contributed by atoms with E-state index in [-0.39, 0.29) is 11.9 Å². The van der Waals surface area contributed by atoms with Gasteiger partial charge in [-0.25, -0.2) is 0 Å². The van der Waals surface area contributed by atoms with Crippen LogP contribution in [0, 0.1) is 0 Å². The minimum absolute atomic E-state index is 0.137. The summed E-state index contributed by atoms with van der Waals surface area (Å²) in [6, 6.07) is 8.99. The molecular weight excluding hydrogens is 312 g/mol. The molecule has 1 aromatic carbocycles. The molecule has 5 heteroatoms. The Morgan fingerprint density at radius 3 is 3.00 bits per heavy atom. The maximum Gasteiger partial charge on any atom is 0.234 e. The molecule has 0 saturated carbocycles. The van der Waals surface area contributed by atoms with E-state index >= 15 is 0 Å². The number of carbonyl (C=O) groups excluding carboxylic acids is 1. The van der Waals surface area contributed by atoms with Crippen molar-refractivity contribution in [2.45, 2.75) is 44.2 Å².